The summed E-state index contributed by atoms with van der Waals surface area (Å²) < 4.78 is 0. The molecule has 0 aliphatic carbocycles. The van der Waals surface area contributed by atoms with E-state index in [0.717, 1.165) is 22.2 Å². The number of hydrogen-bond acceptors (Lipinski definition) is 1. The summed E-state index contributed by atoms with van der Waals surface area (Å²) in [4.78, 5) is 15.1. The minimum absolute atomic E-state index is 0.210. The molecule has 3 N–H and O–H groups in total. The fourth-order valence-corrected chi connectivity index (χ4v) is 2.51. The predicted molar refractivity (Wildman–Crippen MR) is 88.8 cm³/mol. The van der Waals surface area contributed by atoms with E-state index in [1.54, 1.807) is 6.07 Å². The zero-order valence-corrected chi connectivity index (χ0v) is 12.7. The van der Waals surface area contributed by atoms with Crippen LogP contribution >= 0.6 is 11.6 Å². The average molecular weight is 314 g/mol. The van der Waals surface area contributed by atoms with Crippen LogP contribution in [0.25, 0.3) is 10.9 Å². The largest absolute Gasteiger partial charge is 0.357 e. The fraction of sp³-hybridized carbons (Fsp3) is 0.118. The van der Waals surface area contributed by atoms with Gasteiger partial charge in [-0.05, 0) is 35.2 Å². The average Bonchev–Trinajstić information content (AvgIpc) is 2.94. The van der Waals surface area contributed by atoms with Crippen LogP contribution in [0.15, 0.2) is 54.6 Å². The molecule has 0 saturated heterocycles. The maximum Gasteiger partial charge on any atom is 0.315 e. The van der Waals surface area contributed by atoms with E-state index in [1.165, 1.54) is 0 Å². The van der Waals surface area contributed by atoms with Gasteiger partial charge in [0.1, 0.15) is 0 Å². The monoisotopic (exact) mass is 313 g/mol. The van der Waals surface area contributed by atoms with Crippen molar-refractivity contribution < 1.29 is 4.79 Å². The number of fused-ring (bicyclic) bond motifs is 1. The van der Waals surface area contributed by atoms with E-state index in [9.17, 15) is 4.79 Å². The summed E-state index contributed by atoms with van der Waals surface area (Å²) in [5.41, 5.74) is 3.01. The maximum absolute atomic E-state index is 11.8. The lowest BCUT2D eigenvalue weighted by Crippen LogP contribution is -2.34. The van der Waals surface area contributed by atoms with Crippen LogP contribution in [0, 0.1) is 0 Å². The molecule has 22 heavy (non-hydrogen) atoms. The molecule has 1 heterocycles. The summed E-state index contributed by atoms with van der Waals surface area (Å²) in [6, 6.07) is 17.3. The SMILES string of the molecule is O=C(NCc1cccc(Cl)c1)NCc1cc2ccccc2[nH]1. The number of amides is 2. The Balaban J connectivity index is 1.51. The molecule has 0 atom stereocenters. The smallest absolute Gasteiger partial charge is 0.315 e. The molecule has 0 aliphatic heterocycles. The van der Waals surface area contributed by atoms with Crippen molar-refractivity contribution in [2.75, 3.05) is 0 Å². The lowest BCUT2D eigenvalue weighted by Gasteiger charge is -2.07. The van der Waals surface area contributed by atoms with Gasteiger partial charge in [0.25, 0.3) is 0 Å². The summed E-state index contributed by atoms with van der Waals surface area (Å²) in [6.45, 7) is 0.898. The van der Waals surface area contributed by atoms with Gasteiger partial charge in [-0.2, -0.15) is 0 Å². The zero-order valence-electron chi connectivity index (χ0n) is 11.9. The topological polar surface area (TPSA) is 56.9 Å². The van der Waals surface area contributed by atoms with E-state index >= 15 is 0 Å². The number of carbonyl (C=O) groups is 1. The van der Waals surface area contributed by atoms with Crippen LogP contribution < -0.4 is 10.6 Å². The lowest BCUT2D eigenvalue weighted by molar-refractivity contribution is 0.240. The molecule has 1 aromatic heterocycles. The summed E-state index contributed by atoms with van der Waals surface area (Å²) in [6.07, 6.45) is 0. The van der Waals surface area contributed by atoms with Crippen molar-refractivity contribution in [3.05, 3.63) is 70.9 Å². The summed E-state index contributed by atoms with van der Waals surface area (Å²) in [5.74, 6) is 0. The summed E-state index contributed by atoms with van der Waals surface area (Å²) in [7, 11) is 0. The number of aromatic amines is 1. The molecular weight excluding hydrogens is 298 g/mol. The Morgan fingerprint density at radius 1 is 1.00 bits per heavy atom. The first-order valence-electron chi connectivity index (χ1n) is 7.03. The second-order valence-electron chi connectivity index (χ2n) is 5.05. The van der Waals surface area contributed by atoms with E-state index in [4.69, 9.17) is 11.6 Å². The van der Waals surface area contributed by atoms with Gasteiger partial charge < -0.3 is 15.6 Å². The van der Waals surface area contributed by atoms with Crippen LogP contribution in [0.3, 0.4) is 0 Å². The van der Waals surface area contributed by atoms with Crippen LogP contribution in [0.2, 0.25) is 5.02 Å². The number of hydrogen-bond donors (Lipinski definition) is 3. The molecule has 0 radical (unpaired) electrons. The first kappa shape index (κ1) is 14.5. The number of carbonyl (C=O) groups excluding carboxylic acids is 1. The molecule has 4 nitrogen and oxygen atoms in total. The molecule has 112 valence electrons. The highest BCUT2D eigenvalue weighted by Crippen LogP contribution is 2.14. The Kier molecular flexibility index (Phi) is 4.30. The van der Waals surface area contributed by atoms with E-state index in [0.29, 0.717) is 18.1 Å². The molecule has 2 amide bonds. The van der Waals surface area contributed by atoms with Gasteiger partial charge in [-0.15, -0.1) is 0 Å². The maximum atomic E-state index is 11.8. The van der Waals surface area contributed by atoms with Gasteiger partial charge in [0.05, 0.1) is 6.54 Å². The van der Waals surface area contributed by atoms with E-state index in [-0.39, 0.29) is 6.03 Å². The number of aromatic nitrogens is 1. The van der Waals surface area contributed by atoms with Crippen LogP contribution in [0.1, 0.15) is 11.3 Å². The molecule has 0 unspecified atom stereocenters. The molecule has 0 aliphatic rings. The van der Waals surface area contributed by atoms with Crippen molar-refractivity contribution in [1.82, 2.24) is 15.6 Å². The number of rotatable bonds is 4. The van der Waals surface area contributed by atoms with Crippen molar-refractivity contribution >= 4 is 28.5 Å². The molecule has 3 rings (SSSR count). The Hall–Kier alpha value is -2.46. The van der Waals surface area contributed by atoms with Gasteiger partial charge in [0.15, 0.2) is 0 Å². The third-order valence-electron chi connectivity index (χ3n) is 3.37. The number of benzene rings is 2. The number of urea groups is 1. The van der Waals surface area contributed by atoms with Gasteiger partial charge in [-0.3, -0.25) is 0 Å². The second-order valence-corrected chi connectivity index (χ2v) is 5.48. The molecular formula is C17H16ClN3O. The molecule has 0 fully saturated rings. The van der Waals surface area contributed by atoms with Crippen molar-refractivity contribution in [1.29, 1.82) is 0 Å². The molecule has 0 bridgehead atoms. The van der Waals surface area contributed by atoms with Gasteiger partial charge in [-0.1, -0.05) is 41.9 Å². The van der Waals surface area contributed by atoms with E-state index in [1.807, 2.05) is 48.5 Å². The number of H-pyrrole nitrogens is 1. The van der Waals surface area contributed by atoms with E-state index < -0.39 is 0 Å². The highest BCUT2D eigenvalue weighted by molar-refractivity contribution is 6.30. The Morgan fingerprint density at radius 2 is 1.82 bits per heavy atom. The molecule has 0 spiro atoms. The Labute approximate surface area is 133 Å². The van der Waals surface area contributed by atoms with E-state index in [2.05, 4.69) is 15.6 Å². The second kappa shape index (κ2) is 6.54. The van der Waals surface area contributed by atoms with Gasteiger partial charge in [0, 0.05) is 22.8 Å². The minimum atomic E-state index is -0.210. The highest BCUT2D eigenvalue weighted by Gasteiger charge is 2.03. The van der Waals surface area contributed by atoms with Gasteiger partial charge >= 0.3 is 6.03 Å². The first-order valence-corrected chi connectivity index (χ1v) is 7.41. The molecule has 2 aromatic carbocycles. The molecule has 0 saturated carbocycles. The summed E-state index contributed by atoms with van der Waals surface area (Å²) in [5, 5.41) is 7.44. The van der Waals surface area contributed by atoms with Gasteiger partial charge in [0.2, 0.25) is 0 Å². The van der Waals surface area contributed by atoms with Gasteiger partial charge in [-0.25, -0.2) is 4.79 Å². The predicted octanol–water partition coefficient (Wildman–Crippen LogP) is 3.82. The third kappa shape index (κ3) is 3.59. The van der Waals surface area contributed by atoms with Crippen molar-refractivity contribution in [3.8, 4) is 0 Å². The minimum Gasteiger partial charge on any atom is -0.357 e. The van der Waals surface area contributed by atoms with Crippen molar-refractivity contribution in [2.45, 2.75) is 13.1 Å². The standard InChI is InChI=1S/C17H16ClN3O/c18-14-6-3-4-12(8-14)10-19-17(22)20-11-15-9-13-5-1-2-7-16(13)21-15/h1-9,21H,10-11H2,(H2,19,20,22). The lowest BCUT2D eigenvalue weighted by atomic mass is 10.2. The van der Waals surface area contributed by atoms with Crippen LogP contribution in [-0.2, 0) is 13.1 Å². The fourth-order valence-electron chi connectivity index (χ4n) is 2.30. The normalized spacial score (nSPS) is 10.6. The number of halogens is 1. The van der Waals surface area contributed by atoms with Crippen molar-refractivity contribution in [2.24, 2.45) is 0 Å². The molecule has 3 aromatic rings. The zero-order chi connectivity index (χ0) is 15.4. The summed E-state index contributed by atoms with van der Waals surface area (Å²) >= 11 is 5.91. The van der Waals surface area contributed by atoms with Crippen LogP contribution in [-0.4, -0.2) is 11.0 Å². The highest BCUT2D eigenvalue weighted by atomic mass is 35.5. The van der Waals surface area contributed by atoms with Crippen molar-refractivity contribution in [3.63, 3.8) is 0 Å². The Bertz CT molecular complexity index is 764. The number of para-hydroxylation sites is 1. The quantitative estimate of drug-likeness (QED) is 0.674. The third-order valence-corrected chi connectivity index (χ3v) is 3.60. The molecule has 5 heteroatoms. The number of nitrogens with one attached hydrogen (secondary N) is 3. The Morgan fingerprint density at radius 3 is 2.64 bits per heavy atom. The van der Waals surface area contributed by atoms with Crippen LogP contribution in [0.4, 0.5) is 4.79 Å². The first-order chi connectivity index (χ1) is 10.7. The van der Waals surface area contributed by atoms with Crippen LogP contribution in [0.5, 0.6) is 0 Å².